The average Bonchev–Trinajstić information content (AvgIpc) is 0.762. The van der Waals surface area contributed by atoms with E-state index >= 15 is 0 Å². The monoisotopic (exact) mass is 1570 g/mol. The first-order valence-electron chi connectivity index (χ1n) is 43.2. The Hall–Kier alpha value is -3.36. The van der Waals surface area contributed by atoms with Gasteiger partial charge in [0.1, 0.15) is 23.1 Å². The van der Waals surface area contributed by atoms with Gasteiger partial charge in [0.25, 0.3) is 0 Å². The summed E-state index contributed by atoms with van der Waals surface area (Å²) in [5.74, 6) is 3.26. The van der Waals surface area contributed by atoms with Crippen LogP contribution in [0.5, 0.6) is 0 Å². The Balaban J connectivity index is -0.000000215. The Kier molecular flexibility index (Phi) is 85.5. The lowest BCUT2D eigenvalue weighted by atomic mass is 9.85. The summed E-state index contributed by atoms with van der Waals surface area (Å²) in [6, 6.07) is 2.12. The molecule has 18 heteroatoms. The molecule has 0 bridgehead atoms. The second kappa shape index (κ2) is 76.9. The Morgan fingerprint density at radius 1 is 0.264 bits per heavy atom. The first-order valence-corrected chi connectivity index (χ1v) is 43.2. The number of unbranched alkanes of at least 4 members (excludes halogenated alkanes) is 7. The lowest BCUT2D eigenvalue weighted by molar-refractivity contribution is -0.131. The van der Waals surface area contributed by atoms with Gasteiger partial charge in [-0.15, -0.1) is 0 Å². The van der Waals surface area contributed by atoms with Crippen LogP contribution in [-0.4, -0.2) is 159 Å². The molecule has 18 nitrogen and oxygen atoms in total. The predicted octanol–water partition coefficient (Wildman–Crippen LogP) is 18.8. The molecule has 0 saturated carbocycles. The van der Waals surface area contributed by atoms with Gasteiger partial charge in [-0.1, -0.05) is 262 Å². The lowest BCUT2D eigenvalue weighted by Gasteiger charge is -2.27. The molecule has 2 amide bonds. The summed E-state index contributed by atoms with van der Waals surface area (Å²) in [4.78, 5) is 100. The summed E-state index contributed by atoms with van der Waals surface area (Å²) in [6.07, 6.45) is 23.2. The number of carbonyl (C=O) groups is 8. The van der Waals surface area contributed by atoms with Crippen molar-refractivity contribution in [3.8, 4) is 0 Å². The van der Waals surface area contributed by atoms with E-state index < -0.39 is 0 Å². The first kappa shape index (κ1) is 122. The normalized spacial score (nSPS) is 13.4. The number of hydrogen-bond acceptors (Lipinski definition) is 16. The number of ketones is 6. The number of amides is 2. The summed E-state index contributed by atoms with van der Waals surface area (Å²) in [7, 11) is 1.95. The summed E-state index contributed by atoms with van der Waals surface area (Å²) >= 11 is 0. The summed E-state index contributed by atoms with van der Waals surface area (Å²) in [5.41, 5.74) is 0. The van der Waals surface area contributed by atoms with Gasteiger partial charge in [-0.2, -0.15) is 0 Å². The van der Waals surface area contributed by atoms with Crippen molar-refractivity contribution in [1.29, 1.82) is 0 Å². The van der Waals surface area contributed by atoms with Gasteiger partial charge in [-0.05, 0) is 147 Å². The average molecular weight is 1570 g/mol. The Morgan fingerprint density at radius 3 is 0.827 bits per heavy atom. The van der Waals surface area contributed by atoms with Crippen molar-refractivity contribution in [1.82, 2.24) is 53.2 Å². The zero-order valence-electron chi connectivity index (χ0n) is 74.4. The summed E-state index contributed by atoms with van der Waals surface area (Å²) in [6.45, 7) is 61.3. The minimum Gasteiger partial charge on any atom is -0.356 e. The molecule has 10 N–H and O–H groups in total. The van der Waals surface area contributed by atoms with E-state index in [9.17, 15) is 38.4 Å². The van der Waals surface area contributed by atoms with E-state index in [0.29, 0.717) is 92.5 Å². The quantitative estimate of drug-likeness (QED) is 0.0254. The molecule has 0 aliphatic heterocycles. The third kappa shape index (κ3) is 74.7. The van der Waals surface area contributed by atoms with Crippen LogP contribution in [0.25, 0.3) is 0 Å². The van der Waals surface area contributed by atoms with Gasteiger partial charge in [-0.3, -0.25) is 38.4 Å². The van der Waals surface area contributed by atoms with Crippen LogP contribution in [0.4, 0.5) is 0 Å². The smallest absolute Gasteiger partial charge is 0.219 e. The van der Waals surface area contributed by atoms with E-state index in [0.717, 1.165) is 155 Å². The van der Waals surface area contributed by atoms with Crippen molar-refractivity contribution >= 4 is 46.5 Å². The number of carbonyl (C=O) groups excluding carboxylic acids is 8. The van der Waals surface area contributed by atoms with E-state index in [2.05, 4.69) is 185 Å². The lowest BCUT2D eigenvalue weighted by Crippen LogP contribution is -2.47. The zero-order chi connectivity index (χ0) is 81.9. The van der Waals surface area contributed by atoms with Crippen LogP contribution in [-0.2, 0) is 38.4 Å². The Morgan fingerprint density at radius 2 is 0.545 bits per heavy atom. The predicted molar refractivity (Wildman–Crippen MR) is 480 cm³/mol. The third-order valence-corrected chi connectivity index (χ3v) is 18.8. The number of rotatable bonds is 64. The molecule has 7 atom stereocenters. The van der Waals surface area contributed by atoms with Gasteiger partial charge in [-0.25, -0.2) is 0 Å². The highest BCUT2D eigenvalue weighted by Gasteiger charge is 2.31. The molecule has 6 unspecified atom stereocenters. The minimum atomic E-state index is -0.234. The van der Waals surface area contributed by atoms with Gasteiger partial charge in [0.05, 0.1) is 24.2 Å². The molecule has 0 aromatic heterocycles. The maximum atomic E-state index is 13.3. The van der Waals surface area contributed by atoms with Gasteiger partial charge >= 0.3 is 0 Å². The van der Waals surface area contributed by atoms with Crippen molar-refractivity contribution < 1.29 is 38.4 Å². The van der Waals surface area contributed by atoms with E-state index in [1.165, 1.54) is 12.8 Å². The van der Waals surface area contributed by atoms with Crippen molar-refractivity contribution in [3.63, 3.8) is 0 Å². The maximum absolute atomic E-state index is 13.3. The molecule has 110 heavy (non-hydrogen) atoms. The van der Waals surface area contributed by atoms with Crippen molar-refractivity contribution in [2.75, 3.05) is 46.3 Å². The van der Waals surface area contributed by atoms with Crippen LogP contribution in [0.1, 0.15) is 384 Å². The number of nitrogens with one attached hydrogen (secondary N) is 10. The molecule has 0 aliphatic carbocycles. The van der Waals surface area contributed by atoms with Crippen molar-refractivity contribution in [2.24, 2.45) is 53.3 Å². The second-order valence-electron chi connectivity index (χ2n) is 35.0. The van der Waals surface area contributed by atoms with Crippen LogP contribution < -0.4 is 53.2 Å². The summed E-state index contributed by atoms with van der Waals surface area (Å²) < 4.78 is 0. The molecular formula is C92H194N10O8. The van der Waals surface area contributed by atoms with Gasteiger partial charge in [0.2, 0.25) is 11.8 Å². The van der Waals surface area contributed by atoms with Gasteiger partial charge in [0.15, 0.2) is 11.6 Å². The fourth-order valence-corrected chi connectivity index (χ4v) is 12.7. The molecule has 0 saturated heterocycles. The fourth-order valence-electron chi connectivity index (χ4n) is 12.7. The highest BCUT2D eigenvalue weighted by atomic mass is 16.2. The van der Waals surface area contributed by atoms with E-state index in [4.69, 9.17) is 0 Å². The number of Topliss-reactive ketones (excluding diaryl/α,β-unsaturated/α-hetero) is 6. The van der Waals surface area contributed by atoms with E-state index in [1.54, 1.807) is 0 Å². The maximum Gasteiger partial charge on any atom is 0.219 e. The molecule has 0 fully saturated rings. The molecule has 0 spiro atoms. The van der Waals surface area contributed by atoms with Crippen LogP contribution >= 0.6 is 0 Å². The highest BCUT2D eigenvalue weighted by Crippen LogP contribution is 2.24. The number of hydrogen-bond donors (Lipinski definition) is 10. The van der Waals surface area contributed by atoms with Crippen LogP contribution in [0.3, 0.4) is 0 Å². The molecular weight excluding hydrogens is 1370 g/mol. The molecule has 0 aromatic rings. The zero-order valence-corrected chi connectivity index (χ0v) is 74.4. The molecule has 660 valence electrons. The van der Waals surface area contributed by atoms with Crippen LogP contribution in [0.15, 0.2) is 0 Å². The molecule has 0 aliphatic rings. The fraction of sp³-hybridized carbons (Fsp3) is 0.913. The van der Waals surface area contributed by atoms with Crippen LogP contribution in [0.2, 0.25) is 0 Å². The Bertz CT molecular complexity index is 2200. The van der Waals surface area contributed by atoms with Gasteiger partial charge in [0, 0.05) is 117 Å². The minimum absolute atomic E-state index is 0. The third-order valence-electron chi connectivity index (χ3n) is 18.8. The Labute approximate surface area is 684 Å². The summed E-state index contributed by atoms with van der Waals surface area (Å²) in [5, 5.41) is 33.1. The molecule has 0 radical (unpaired) electrons. The van der Waals surface area contributed by atoms with Crippen LogP contribution in [0, 0.1) is 53.3 Å². The topological polar surface area (TPSA) is 257 Å². The second-order valence-corrected chi connectivity index (χ2v) is 35.0. The van der Waals surface area contributed by atoms with E-state index in [-0.39, 0.29) is 142 Å². The van der Waals surface area contributed by atoms with Crippen molar-refractivity contribution in [2.45, 2.75) is 450 Å². The standard InChI is InChI=1S/C30H59N3O3.C25H51N3O2.C20H40N2O2.C13H28N2O.4CH4/c1-22(2)15-9-10-18-29(35)32-20-14-12-17-27(33-25(7)8)28(34)21-26(30(36)23(3)4)16-11-13-19-31-24(5)6;1-18(2)25(30)22(13-9-11-15-26-19(3)4)17-24(29)23(28-21(7)8)14-10-12-16-27-20(5)6;1-15(2)11-7-8-13-19(23)21-14-10-9-12-18(22-17(5)6)20(24)16(3)4;1-9(2)13(16)12(15-10(3)4)11(5)7-8-14-6;;;;/h22-27,31,33H,9-21H2,1-8H3,(H,32,35);18-23,26-28H,9-17H2,1-8H3;15-18,22H,7-14H2,1-6H3,(H,21,23);9-12,14-15H,7-8H2,1-6H3;4*1H4/t;;;11?,12-;;;;/m...0..../s1. The van der Waals surface area contributed by atoms with Crippen molar-refractivity contribution in [3.05, 3.63) is 0 Å². The molecule has 0 heterocycles. The molecule has 0 rings (SSSR count). The van der Waals surface area contributed by atoms with E-state index in [1.807, 2.05) is 62.4 Å². The molecule has 0 aromatic carbocycles. The largest absolute Gasteiger partial charge is 0.356 e. The van der Waals surface area contributed by atoms with Gasteiger partial charge < -0.3 is 53.2 Å². The first-order chi connectivity index (χ1) is 49.6. The SMILES string of the molecule is C.C.C.C.CC(C)CCCCC(=O)NCCCCC(NC(C)C)C(=O)C(C)C.CC(C)CCCCC(=O)NCCCCC(NC(C)C)C(=O)CC(CCCCNC(C)C)C(=O)C(C)C.CC(C)NCCCCC(CC(=O)C(CCCCNC(C)C)NC(C)C)C(=O)C(C)C.CNCCC(C)[C@H](NC(C)C)C(=O)C(C)C. The highest BCUT2D eigenvalue weighted by molar-refractivity contribution is 5.92.